The van der Waals surface area contributed by atoms with Crippen LogP contribution in [0.1, 0.15) is 11.3 Å². The zero-order valence-electron chi connectivity index (χ0n) is 10.1. The molecule has 1 aromatic heterocycles. The van der Waals surface area contributed by atoms with Crippen LogP contribution < -0.4 is 0 Å². The van der Waals surface area contributed by atoms with Crippen molar-refractivity contribution in [3.63, 3.8) is 0 Å². The molecule has 0 aliphatic heterocycles. The lowest BCUT2D eigenvalue weighted by molar-refractivity contribution is -0.129. The molecule has 1 amide bonds. The summed E-state index contributed by atoms with van der Waals surface area (Å²) in [6.45, 7) is 0.486. The lowest BCUT2D eigenvalue weighted by atomic mass is 10.1. The van der Waals surface area contributed by atoms with Crippen molar-refractivity contribution in [2.75, 3.05) is 7.05 Å². The van der Waals surface area contributed by atoms with Gasteiger partial charge in [-0.2, -0.15) is 0 Å². The van der Waals surface area contributed by atoms with E-state index in [1.807, 2.05) is 24.3 Å². The number of carbonyl (C=O) groups excluding carboxylic acids is 1. The lowest BCUT2D eigenvalue weighted by Gasteiger charge is -2.15. The highest BCUT2D eigenvalue weighted by atomic mass is 35.5. The Hall–Kier alpha value is -1.74. The summed E-state index contributed by atoms with van der Waals surface area (Å²) in [7, 11) is 1.76. The fourth-order valence-corrected chi connectivity index (χ4v) is 1.76. The second-order valence-corrected chi connectivity index (χ2v) is 4.57. The second-order valence-electron chi connectivity index (χ2n) is 4.13. The summed E-state index contributed by atoms with van der Waals surface area (Å²) in [5.41, 5.74) is 0.954. The van der Waals surface area contributed by atoms with Gasteiger partial charge in [-0.05, 0) is 29.8 Å². The minimum atomic E-state index is 0.0497. The van der Waals surface area contributed by atoms with Gasteiger partial charge in [-0.1, -0.05) is 23.7 Å². The molecule has 0 unspecified atom stereocenters. The molecule has 3 nitrogen and oxygen atoms in total. The standard InChI is InChI=1S/C14H14ClNO2/c1-16(10-13-3-2-8-18-13)14(17)9-11-4-6-12(15)7-5-11/h2-8H,9-10H2,1H3. The van der Waals surface area contributed by atoms with E-state index in [1.54, 1.807) is 30.3 Å². The monoisotopic (exact) mass is 263 g/mol. The molecule has 2 aromatic rings. The van der Waals surface area contributed by atoms with Crippen molar-refractivity contribution in [2.24, 2.45) is 0 Å². The van der Waals surface area contributed by atoms with Gasteiger partial charge in [0.25, 0.3) is 0 Å². The fraction of sp³-hybridized carbons (Fsp3) is 0.214. The van der Waals surface area contributed by atoms with E-state index in [1.165, 1.54) is 0 Å². The van der Waals surface area contributed by atoms with Gasteiger partial charge < -0.3 is 9.32 Å². The summed E-state index contributed by atoms with van der Waals surface area (Å²) in [5, 5.41) is 0.676. The highest BCUT2D eigenvalue weighted by Gasteiger charge is 2.11. The SMILES string of the molecule is CN(Cc1ccco1)C(=O)Cc1ccc(Cl)cc1. The number of amides is 1. The molecule has 0 aliphatic rings. The molecule has 0 radical (unpaired) electrons. The van der Waals surface area contributed by atoms with Gasteiger partial charge in [-0.15, -0.1) is 0 Å². The lowest BCUT2D eigenvalue weighted by Crippen LogP contribution is -2.27. The molecule has 0 fully saturated rings. The van der Waals surface area contributed by atoms with Crippen molar-refractivity contribution in [3.05, 3.63) is 59.0 Å². The van der Waals surface area contributed by atoms with Gasteiger partial charge in [0.2, 0.25) is 5.91 Å². The summed E-state index contributed by atoms with van der Waals surface area (Å²) >= 11 is 5.80. The number of likely N-dealkylation sites (N-methyl/N-ethyl adjacent to an activating group) is 1. The molecule has 0 spiro atoms. The first-order chi connectivity index (χ1) is 8.65. The Labute approximate surface area is 111 Å². The van der Waals surface area contributed by atoms with E-state index in [4.69, 9.17) is 16.0 Å². The van der Waals surface area contributed by atoms with Gasteiger partial charge in [0, 0.05) is 12.1 Å². The van der Waals surface area contributed by atoms with Crippen LogP contribution in [0.25, 0.3) is 0 Å². The number of hydrogen-bond donors (Lipinski definition) is 0. The first kappa shape index (κ1) is 12.7. The quantitative estimate of drug-likeness (QED) is 0.849. The van der Waals surface area contributed by atoms with E-state index < -0.39 is 0 Å². The topological polar surface area (TPSA) is 33.5 Å². The summed E-state index contributed by atoms with van der Waals surface area (Å²) in [6.07, 6.45) is 1.97. The Morgan fingerprint density at radius 3 is 2.61 bits per heavy atom. The maximum atomic E-state index is 12.0. The van der Waals surface area contributed by atoms with Crippen LogP contribution in [-0.4, -0.2) is 17.9 Å². The molecule has 0 saturated carbocycles. The van der Waals surface area contributed by atoms with Gasteiger partial charge in [-0.3, -0.25) is 4.79 Å². The van der Waals surface area contributed by atoms with Crippen LogP contribution in [0, 0.1) is 0 Å². The Balaban J connectivity index is 1.93. The van der Waals surface area contributed by atoms with Crippen molar-refractivity contribution in [3.8, 4) is 0 Å². The van der Waals surface area contributed by atoms with E-state index in [2.05, 4.69) is 0 Å². The number of halogens is 1. The average molecular weight is 264 g/mol. The van der Waals surface area contributed by atoms with Crippen LogP contribution in [0.5, 0.6) is 0 Å². The third kappa shape index (κ3) is 3.37. The molecule has 0 N–H and O–H groups in total. The third-order valence-electron chi connectivity index (χ3n) is 2.67. The molecular formula is C14H14ClNO2. The Morgan fingerprint density at radius 1 is 1.28 bits per heavy atom. The van der Waals surface area contributed by atoms with Crippen LogP contribution >= 0.6 is 11.6 Å². The number of benzene rings is 1. The van der Waals surface area contributed by atoms with Crippen molar-refractivity contribution < 1.29 is 9.21 Å². The molecule has 2 rings (SSSR count). The van der Waals surface area contributed by atoms with Crippen molar-refractivity contribution >= 4 is 17.5 Å². The first-order valence-corrected chi connectivity index (χ1v) is 6.04. The molecule has 0 saturated heterocycles. The molecular weight excluding hydrogens is 250 g/mol. The normalized spacial score (nSPS) is 10.3. The smallest absolute Gasteiger partial charge is 0.227 e. The Morgan fingerprint density at radius 2 is 2.00 bits per heavy atom. The molecule has 0 aliphatic carbocycles. The van der Waals surface area contributed by atoms with Crippen LogP contribution in [-0.2, 0) is 17.8 Å². The number of carbonyl (C=O) groups is 1. The molecule has 1 heterocycles. The van der Waals surface area contributed by atoms with E-state index in [0.29, 0.717) is 18.0 Å². The fourth-order valence-electron chi connectivity index (χ4n) is 1.64. The van der Waals surface area contributed by atoms with E-state index >= 15 is 0 Å². The second kappa shape index (κ2) is 5.74. The number of hydrogen-bond acceptors (Lipinski definition) is 2. The minimum absolute atomic E-state index is 0.0497. The van der Waals surface area contributed by atoms with Gasteiger partial charge in [-0.25, -0.2) is 0 Å². The van der Waals surface area contributed by atoms with Crippen LogP contribution in [0.15, 0.2) is 47.1 Å². The van der Waals surface area contributed by atoms with E-state index in [0.717, 1.165) is 11.3 Å². The zero-order chi connectivity index (χ0) is 13.0. The number of nitrogens with zero attached hydrogens (tertiary/aromatic N) is 1. The molecule has 1 aromatic carbocycles. The third-order valence-corrected chi connectivity index (χ3v) is 2.92. The maximum Gasteiger partial charge on any atom is 0.227 e. The predicted octanol–water partition coefficient (Wildman–Crippen LogP) is 3.13. The van der Waals surface area contributed by atoms with Crippen LogP contribution in [0.2, 0.25) is 5.02 Å². The molecule has 94 valence electrons. The van der Waals surface area contributed by atoms with Crippen molar-refractivity contribution in [2.45, 2.75) is 13.0 Å². The Bertz CT molecular complexity index is 505. The van der Waals surface area contributed by atoms with Gasteiger partial charge >= 0.3 is 0 Å². The van der Waals surface area contributed by atoms with Gasteiger partial charge in [0.05, 0.1) is 19.2 Å². The highest BCUT2D eigenvalue weighted by Crippen LogP contribution is 2.11. The predicted molar refractivity (Wildman–Crippen MR) is 70.3 cm³/mol. The first-order valence-electron chi connectivity index (χ1n) is 5.66. The minimum Gasteiger partial charge on any atom is -0.467 e. The van der Waals surface area contributed by atoms with Crippen LogP contribution in [0.4, 0.5) is 0 Å². The van der Waals surface area contributed by atoms with Gasteiger partial charge in [0.15, 0.2) is 0 Å². The Kier molecular flexibility index (Phi) is 4.05. The number of rotatable bonds is 4. The maximum absolute atomic E-state index is 12.0. The summed E-state index contributed by atoms with van der Waals surface area (Å²) in [6, 6.07) is 11.0. The summed E-state index contributed by atoms with van der Waals surface area (Å²) in [5.74, 6) is 0.829. The van der Waals surface area contributed by atoms with Crippen LogP contribution in [0.3, 0.4) is 0 Å². The largest absolute Gasteiger partial charge is 0.467 e. The highest BCUT2D eigenvalue weighted by molar-refractivity contribution is 6.30. The number of furan rings is 1. The molecule has 18 heavy (non-hydrogen) atoms. The van der Waals surface area contributed by atoms with Gasteiger partial charge in [0.1, 0.15) is 5.76 Å². The van der Waals surface area contributed by atoms with E-state index in [9.17, 15) is 4.79 Å². The zero-order valence-corrected chi connectivity index (χ0v) is 10.9. The average Bonchev–Trinajstić information content (AvgIpc) is 2.85. The van der Waals surface area contributed by atoms with Crippen molar-refractivity contribution in [1.82, 2.24) is 4.90 Å². The summed E-state index contributed by atoms with van der Waals surface area (Å²) in [4.78, 5) is 13.6. The van der Waals surface area contributed by atoms with Crippen molar-refractivity contribution in [1.29, 1.82) is 0 Å². The van der Waals surface area contributed by atoms with E-state index in [-0.39, 0.29) is 5.91 Å². The molecule has 0 bridgehead atoms. The summed E-state index contributed by atoms with van der Waals surface area (Å²) < 4.78 is 5.21. The molecule has 4 heteroatoms. The molecule has 0 atom stereocenters.